The molecule has 0 radical (unpaired) electrons. The van der Waals surface area contributed by atoms with Crippen molar-refractivity contribution >= 4 is 0 Å². The molecule has 3 nitrogen and oxygen atoms in total. The summed E-state index contributed by atoms with van der Waals surface area (Å²) in [5, 5.41) is 3.27. The summed E-state index contributed by atoms with van der Waals surface area (Å²) in [5.74, 6) is 0. The molecule has 1 heterocycles. The van der Waals surface area contributed by atoms with Gasteiger partial charge in [-0.1, -0.05) is 5.57 Å². The third-order valence-electron chi connectivity index (χ3n) is 2.01. The maximum Gasteiger partial charge on any atom is 0.0947 e. The van der Waals surface area contributed by atoms with E-state index in [0.29, 0.717) is 0 Å². The lowest BCUT2D eigenvalue weighted by Gasteiger charge is -2.04. The third kappa shape index (κ3) is 6.10. The monoisotopic (exact) mass is 209 g/mol. The number of ether oxygens (including phenoxy) is 1. The second kappa shape index (κ2) is 7.26. The number of hydrogen-bond donors (Lipinski definition) is 1. The minimum absolute atomic E-state index is 0.741. The summed E-state index contributed by atoms with van der Waals surface area (Å²) in [6, 6.07) is 1.95. The molecule has 3 heteroatoms. The highest BCUT2D eigenvalue weighted by molar-refractivity contribution is 5.04. The molecule has 1 aromatic rings. The summed E-state index contributed by atoms with van der Waals surface area (Å²) in [7, 11) is 0. The third-order valence-corrected chi connectivity index (χ3v) is 2.01. The van der Waals surface area contributed by atoms with Gasteiger partial charge in [0.2, 0.25) is 0 Å². The maximum atomic E-state index is 5.42. The van der Waals surface area contributed by atoms with Crippen molar-refractivity contribution in [2.24, 2.45) is 0 Å². The molecular formula is C12H19NO2. The number of nitrogens with one attached hydrogen (secondary N) is 1. The van der Waals surface area contributed by atoms with Crippen LogP contribution in [0.4, 0.5) is 0 Å². The van der Waals surface area contributed by atoms with E-state index in [1.54, 1.807) is 12.5 Å². The van der Waals surface area contributed by atoms with E-state index < -0.39 is 0 Å². The van der Waals surface area contributed by atoms with E-state index >= 15 is 0 Å². The minimum atomic E-state index is 0.741. The summed E-state index contributed by atoms with van der Waals surface area (Å²) < 4.78 is 10.4. The van der Waals surface area contributed by atoms with Gasteiger partial charge in [-0.3, -0.25) is 0 Å². The number of rotatable bonds is 8. The van der Waals surface area contributed by atoms with E-state index in [1.165, 1.54) is 5.57 Å². The summed E-state index contributed by atoms with van der Waals surface area (Å²) in [6.07, 6.45) is 4.37. The van der Waals surface area contributed by atoms with E-state index in [0.717, 1.165) is 38.3 Å². The van der Waals surface area contributed by atoms with Gasteiger partial charge >= 0.3 is 0 Å². The van der Waals surface area contributed by atoms with Crippen LogP contribution in [0.2, 0.25) is 0 Å². The fraction of sp³-hybridized carbons (Fsp3) is 0.500. The molecule has 0 aliphatic carbocycles. The predicted octanol–water partition coefficient (Wildman–Crippen LogP) is 2.35. The van der Waals surface area contributed by atoms with Crippen LogP contribution >= 0.6 is 0 Å². The van der Waals surface area contributed by atoms with E-state index in [2.05, 4.69) is 11.9 Å². The molecule has 1 rings (SSSR count). The summed E-state index contributed by atoms with van der Waals surface area (Å²) in [5.41, 5.74) is 2.33. The Morgan fingerprint density at radius 1 is 1.53 bits per heavy atom. The fourth-order valence-electron chi connectivity index (χ4n) is 1.12. The van der Waals surface area contributed by atoms with Gasteiger partial charge in [0.25, 0.3) is 0 Å². The molecule has 15 heavy (non-hydrogen) atoms. The van der Waals surface area contributed by atoms with Crippen LogP contribution in [-0.4, -0.2) is 19.8 Å². The van der Waals surface area contributed by atoms with Crippen molar-refractivity contribution in [3.05, 3.63) is 36.3 Å². The smallest absolute Gasteiger partial charge is 0.0947 e. The van der Waals surface area contributed by atoms with Crippen LogP contribution in [0.5, 0.6) is 0 Å². The average Bonchev–Trinajstić information content (AvgIpc) is 2.68. The second-order valence-corrected chi connectivity index (χ2v) is 3.63. The standard InChI is InChI=1S/C12H19NO2/c1-11(2)3-6-14-8-5-13-9-12-4-7-15-10-12/h4,7,10,13H,1,3,5-6,8-9H2,2H3. The van der Waals surface area contributed by atoms with E-state index in [9.17, 15) is 0 Å². The number of hydrogen-bond acceptors (Lipinski definition) is 3. The van der Waals surface area contributed by atoms with Gasteiger partial charge in [-0.2, -0.15) is 0 Å². The van der Waals surface area contributed by atoms with E-state index in [4.69, 9.17) is 9.15 Å². The Balaban J connectivity index is 1.87. The Kier molecular flexibility index (Phi) is 5.81. The molecule has 0 bridgehead atoms. The van der Waals surface area contributed by atoms with Crippen molar-refractivity contribution < 1.29 is 9.15 Å². The normalized spacial score (nSPS) is 10.5. The zero-order valence-corrected chi connectivity index (χ0v) is 9.29. The topological polar surface area (TPSA) is 34.4 Å². The van der Waals surface area contributed by atoms with Crippen molar-refractivity contribution in [2.75, 3.05) is 19.8 Å². The Bertz CT molecular complexity index is 267. The first-order chi connectivity index (χ1) is 7.29. The van der Waals surface area contributed by atoms with Gasteiger partial charge in [0.15, 0.2) is 0 Å². The largest absolute Gasteiger partial charge is 0.472 e. The van der Waals surface area contributed by atoms with Crippen molar-refractivity contribution in [3.8, 4) is 0 Å². The van der Waals surface area contributed by atoms with Gasteiger partial charge in [0.05, 0.1) is 25.7 Å². The Morgan fingerprint density at radius 2 is 2.40 bits per heavy atom. The molecule has 0 atom stereocenters. The van der Waals surface area contributed by atoms with Crippen molar-refractivity contribution in [3.63, 3.8) is 0 Å². The van der Waals surface area contributed by atoms with Crippen LogP contribution in [0.15, 0.2) is 35.2 Å². The molecule has 0 spiro atoms. The Labute approximate surface area is 91.1 Å². The molecule has 0 aliphatic rings. The average molecular weight is 209 g/mol. The van der Waals surface area contributed by atoms with Crippen LogP contribution in [0.25, 0.3) is 0 Å². The first-order valence-electron chi connectivity index (χ1n) is 5.23. The van der Waals surface area contributed by atoms with Crippen LogP contribution in [-0.2, 0) is 11.3 Å². The molecule has 0 unspecified atom stereocenters. The SMILES string of the molecule is C=C(C)CCOCCNCc1ccoc1. The highest BCUT2D eigenvalue weighted by Gasteiger charge is 1.93. The minimum Gasteiger partial charge on any atom is -0.472 e. The lowest BCUT2D eigenvalue weighted by molar-refractivity contribution is 0.139. The highest BCUT2D eigenvalue weighted by Crippen LogP contribution is 1.98. The predicted molar refractivity (Wildman–Crippen MR) is 60.7 cm³/mol. The van der Waals surface area contributed by atoms with Crippen molar-refractivity contribution in [2.45, 2.75) is 19.9 Å². The molecule has 1 aromatic heterocycles. The molecule has 0 fully saturated rings. The molecule has 84 valence electrons. The zero-order valence-electron chi connectivity index (χ0n) is 9.29. The van der Waals surface area contributed by atoms with Crippen LogP contribution in [0.1, 0.15) is 18.9 Å². The van der Waals surface area contributed by atoms with Gasteiger partial charge in [-0.05, 0) is 19.4 Å². The molecule has 0 saturated carbocycles. The van der Waals surface area contributed by atoms with Crippen molar-refractivity contribution in [1.29, 1.82) is 0 Å². The maximum absolute atomic E-state index is 5.42. The van der Waals surface area contributed by atoms with Crippen molar-refractivity contribution in [1.82, 2.24) is 5.32 Å². The summed E-state index contributed by atoms with van der Waals surface area (Å²) >= 11 is 0. The highest BCUT2D eigenvalue weighted by atomic mass is 16.5. The molecular weight excluding hydrogens is 190 g/mol. The lowest BCUT2D eigenvalue weighted by Crippen LogP contribution is -2.19. The van der Waals surface area contributed by atoms with Crippen LogP contribution in [0, 0.1) is 0 Å². The second-order valence-electron chi connectivity index (χ2n) is 3.63. The Morgan fingerprint density at radius 3 is 3.07 bits per heavy atom. The van der Waals surface area contributed by atoms with E-state index in [1.807, 2.05) is 13.0 Å². The summed E-state index contributed by atoms with van der Waals surface area (Å²) in [4.78, 5) is 0. The number of furan rings is 1. The fourth-order valence-corrected chi connectivity index (χ4v) is 1.12. The quantitative estimate of drug-likeness (QED) is 0.527. The van der Waals surface area contributed by atoms with Gasteiger partial charge < -0.3 is 14.5 Å². The summed E-state index contributed by atoms with van der Waals surface area (Å²) in [6.45, 7) is 9.04. The molecule has 0 amide bonds. The molecule has 0 aromatic carbocycles. The lowest BCUT2D eigenvalue weighted by atomic mass is 10.3. The zero-order chi connectivity index (χ0) is 10.9. The molecule has 0 aliphatic heterocycles. The van der Waals surface area contributed by atoms with Crippen LogP contribution < -0.4 is 5.32 Å². The first kappa shape index (κ1) is 12.0. The molecule has 1 N–H and O–H groups in total. The first-order valence-corrected chi connectivity index (χ1v) is 5.23. The van der Waals surface area contributed by atoms with Gasteiger partial charge in [0, 0.05) is 18.7 Å². The van der Waals surface area contributed by atoms with Crippen LogP contribution in [0.3, 0.4) is 0 Å². The van der Waals surface area contributed by atoms with Gasteiger partial charge in [-0.15, -0.1) is 6.58 Å². The molecule has 0 saturated heterocycles. The van der Waals surface area contributed by atoms with Gasteiger partial charge in [-0.25, -0.2) is 0 Å². The van der Waals surface area contributed by atoms with Gasteiger partial charge in [0.1, 0.15) is 0 Å². The Hall–Kier alpha value is -1.06. The van der Waals surface area contributed by atoms with E-state index in [-0.39, 0.29) is 0 Å².